The molecule has 2 aromatic carbocycles. The maximum absolute atomic E-state index is 12.6. The standard InChI is InChI=1S/C23H23N3O4/c1-14(2)30-19-6-4-3-5-16(19)17-10-22(27)25-23-18(17)11-24-26(23)12-15-7-8-20-21(9-15)29-13-28-20/h3-9,11,14,17H,10,12-13H2,1-2H3,(H,25,27)/t17-/m0/s1. The minimum Gasteiger partial charge on any atom is -0.491 e. The van der Waals surface area contributed by atoms with Gasteiger partial charge in [0.2, 0.25) is 12.7 Å². The minimum absolute atomic E-state index is 0.0284. The molecule has 0 unspecified atom stereocenters. The van der Waals surface area contributed by atoms with Gasteiger partial charge < -0.3 is 19.5 Å². The molecule has 1 N–H and O–H groups in total. The van der Waals surface area contributed by atoms with Crippen molar-refractivity contribution in [2.45, 2.75) is 38.8 Å². The number of hydrogen-bond acceptors (Lipinski definition) is 5. The van der Waals surface area contributed by atoms with Gasteiger partial charge in [-0.3, -0.25) is 4.79 Å². The van der Waals surface area contributed by atoms with Crippen LogP contribution in [0.5, 0.6) is 17.2 Å². The van der Waals surface area contributed by atoms with E-state index in [2.05, 4.69) is 10.4 Å². The Labute approximate surface area is 174 Å². The third kappa shape index (κ3) is 3.36. The third-order valence-electron chi connectivity index (χ3n) is 5.32. The van der Waals surface area contributed by atoms with Gasteiger partial charge in [-0.15, -0.1) is 0 Å². The molecule has 1 aromatic heterocycles. The number of ether oxygens (including phenoxy) is 3. The summed E-state index contributed by atoms with van der Waals surface area (Å²) in [4.78, 5) is 12.6. The van der Waals surface area contributed by atoms with Gasteiger partial charge in [0.1, 0.15) is 11.6 Å². The second-order valence-corrected chi connectivity index (χ2v) is 7.80. The molecule has 2 aliphatic rings. The van der Waals surface area contributed by atoms with Crippen molar-refractivity contribution in [3.8, 4) is 17.2 Å². The smallest absolute Gasteiger partial charge is 0.231 e. The number of aromatic nitrogens is 2. The molecule has 0 saturated heterocycles. The highest BCUT2D eigenvalue weighted by Crippen LogP contribution is 2.41. The molecule has 0 bridgehead atoms. The van der Waals surface area contributed by atoms with Crippen molar-refractivity contribution in [3.05, 3.63) is 65.4 Å². The van der Waals surface area contributed by atoms with E-state index in [0.29, 0.717) is 13.0 Å². The molecule has 30 heavy (non-hydrogen) atoms. The molecular formula is C23H23N3O4. The Hall–Kier alpha value is -3.48. The number of hydrogen-bond donors (Lipinski definition) is 1. The highest BCUT2D eigenvalue weighted by atomic mass is 16.7. The molecule has 0 fully saturated rings. The average Bonchev–Trinajstić information content (AvgIpc) is 3.34. The second-order valence-electron chi connectivity index (χ2n) is 7.80. The molecule has 0 aliphatic carbocycles. The van der Waals surface area contributed by atoms with Gasteiger partial charge in [-0.1, -0.05) is 24.3 Å². The highest BCUT2D eigenvalue weighted by Gasteiger charge is 2.32. The lowest BCUT2D eigenvalue weighted by molar-refractivity contribution is -0.116. The summed E-state index contributed by atoms with van der Waals surface area (Å²) in [6, 6.07) is 13.7. The number of carbonyl (C=O) groups excluding carboxylic acids is 1. The van der Waals surface area contributed by atoms with E-state index in [1.807, 2.05) is 67.2 Å². The van der Waals surface area contributed by atoms with Crippen molar-refractivity contribution in [1.82, 2.24) is 9.78 Å². The molecule has 0 saturated carbocycles. The Morgan fingerprint density at radius 2 is 2.00 bits per heavy atom. The van der Waals surface area contributed by atoms with E-state index in [9.17, 15) is 4.79 Å². The van der Waals surface area contributed by atoms with Gasteiger partial charge >= 0.3 is 0 Å². The number of rotatable bonds is 5. The molecule has 3 heterocycles. The number of carbonyl (C=O) groups is 1. The lowest BCUT2D eigenvalue weighted by Crippen LogP contribution is -2.25. The van der Waals surface area contributed by atoms with E-state index < -0.39 is 0 Å². The van der Waals surface area contributed by atoms with Gasteiger partial charge in [0.25, 0.3) is 0 Å². The molecule has 3 aromatic rings. The first-order chi connectivity index (χ1) is 14.6. The van der Waals surface area contributed by atoms with Crippen LogP contribution >= 0.6 is 0 Å². The lowest BCUT2D eigenvalue weighted by Gasteiger charge is -2.26. The summed E-state index contributed by atoms with van der Waals surface area (Å²) in [7, 11) is 0. The molecule has 1 atom stereocenters. The fourth-order valence-corrected chi connectivity index (χ4v) is 4.01. The van der Waals surface area contributed by atoms with Crippen molar-refractivity contribution in [2.24, 2.45) is 0 Å². The number of benzene rings is 2. The van der Waals surface area contributed by atoms with E-state index >= 15 is 0 Å². The fourth-order valence-electron chi connectivity index (χ4n) is 4.01. The Kier molecular flexibility index (Phi) is 4.58. The van der Waals surface area contributed by atoms with Gasteiger partial charge in [-0.05, 0) is 37.6 Å². The summed E-state index contributed by atoms with van der Waals surface area (Å²) < 4.78 is 18.7. The Bertz CT molecular complexity index is 1110. The summed E-state index contributed by atoms with van der Waals surface area (Å²) in [5.41, 5.74) is 3.02. The molecule has 154 valence electrons. The Balaban J connectivity index is 1.49. The van der Waals surface area contributed by atoms with Crippen LogP contribution in [0.4, 0.5) is 5.82 Å². The van der Waals surface area contributed by atoms with Crippen LogP contribution in [0.1, 0.15) is 42.9 Å². The summed E-state index contributed by atoms with van der Waals surface area (Å²) in [6.45, 7) is 4.76. The molecule has 1 amide bonds. The predicted molar refractivity (Wildman–Crippen MR) is 111 cm³/mol. The Morgan fingerprint density at radius 1 is 1.17 bits per heavy atom. The van der Waals surface area contributed by atoms with Gasteiger partial charge in [0.15, 0.2) is 11.5 Å². The third-order valence-corrected chi connectivity index (χ3v) is 5.32. The molecule has 5 rings (SSSR count). The van der Waals surface area contributed by atoms with Crippen LogP contribution < -0.4 is 19.5 Å². The van der Waals surface area contributed by atoms with Crippen LogP contribution in [0.25, 0.3) is 0 Å². The minimum atomic E-state index is -0.103. The second kappa shape index (κ2) is 7.40. The van der Waals surface area contributed by atoms with Crippen LogP contribution in [0.2, 0.25) is 0 Å². The molecule has 0 spiro atoms. The normalized spacial score (nSPS) is 17.0. The molecule has 7 heteroatoms. The summed E-state index contributed by atoms with van der Waals surface area (Å²) in [6.07, 6.45) is 2.26. The van der Waals surface area contributed by atoms with Crippen molar-refractivity contribution in [1.29, 1.82) is 0 Å². The maximum Gasteiger partial charge on any atom is 0.231 e. The van der Waals surface area contributed by atoms with E-state index in [4.69, 9.17) is 14.2 Å². The van der Waals surface area contributed by atoms with E-state index in [0.717, 1.165) is 39.8 Å². The number of anilines is 1. The number of nitrogens with one attached hydrogen (secondary N) is 1. The van der Waals surface area contributed by atoms with Crippen LogP contribution in [-0.4, -0.2) is 28.6 Å². The zero-order chi connectivity index (χ0) is 20.7. The molecule has 2 aliphatic heterocycles. The number of para-hydroxylation sites is 1. The van der Waals surface area contributed by atoms with Crippen molar-refractivity contribution in [2.75, 3.05) is 12.1 Å². The molecule has 7 nitrogen and oxygen atoms in total. The molecule has 0 radical (unpaired) electrons. The van der Waals surface area contributed by atoms with Crippen molar-refractivity contribution in [3.63, 3.8) is 0 Å². The first-order valence-corrected chi connectivity index (χ1v) is 10.1. The van der Waals surface area contributed by atoms with E-state index in [1.165, 1.54) is 0 Å². The van der Waals surface area contributed by atoms with Gasteiger partial charge in [-0.2, -0.15) is 5.10 Å². The lowest BCUT2D eigenvalue weighted by atomic mass is 9.87. The number of fused-ring (bicyclic) bond motifs is 2. The molecular weight excluding hydrogens is 382 g/mol. The van der Waals surface area contributed by atoms with Crippen LogP contribution in [0.3, 0.4) is 0 Å². The summed E-state index contributed by atoms with van der Waals surface area (Å²) >= 11 is 0. The Morgan fingerprint density at radius 3 is 2.87 bits per heavy atom. The SMILES string of the molecule is CC(C)Oc1ccccc1[C@@H]1CC(=O)Nc2c1cnn2Cc1ccc2c(c1)OCO2. The number of nitrogens with zero attached hydrogens (tertiary/aromatic N) is 2. The maximum atomic E-state index is 12.6. The van der Waals surface area contributed by atoms with Crippen LogP contribution in [-0.2, 0) is 11.3 Å². The van der Waals surface area contributed by atoms with Gasteiger partial charge in [0, 0.05) is 23.5 Å². The summed E-state index contributed by atoms with van der Waals surface area (Å²) in [5.74, 6) is 2.88. The first-order valence-electron chi connectivity index (χ1n) is 10.1. The fraction of sp³-hybridized carbons (Fsp3) is 0.304. The van der Waals surface area contributed by atoms with E-state index in [-0.39, 0.29) is 24.7 Å². The largest absolute Gasteiger partial charge is 0.491 e. The number of amides is 1. The summed E-state index contributed by atoms with van der Waals surface area (Å²) in [5, 5.41) is 7.58. The topological polar surface area (TPSA) is 74.6 Å². The van der Waals surface area contributed by atoms with Crippen LogP contribution in [0, 0.1) is 0 Å². The van der Waals surface area contributed by atoms with Crippen molar-refractivity contribution < 1.29 is 19.0 Å². The quantitative estimate of drug-likeness (QED) is 0.696. The van der Waals surface area contributed by atoms with Crippen LogP contribution in [0.15, 0.2) is 48.7 Å². The average molecular weight is 405 g/mol. The van der Waals surface area contributed by atoms with E-state index in [1.54, 1.807) is 0 Å². The van der Waals surface area contributed by atoms with Gasteiger partial charge in [-0.25, -0.2) is 4.68 Å². The zero-order valence-electron chi connectivity index (χ0n) is 16.9. The van der Waals surface area contributed by atoms with Gasteiger partial charge in [0.05, 0.1) is 18.8 Å². The highest BCUT2D eigenvalue weighted by molar-refractivity contribution is 5.94. The predicted octanol–water partition coefficient (Wildman–Crippen LogP) is 3.92. The monoisotopic (exact) mass is 405 g/mol. The first kappa shape index (κ1) is 18.5. The zero-order valence-corrected chi connectivity index (χ0v) is 16.9. The van der Waals surface area contributed by atoms with Crippen molar-refractivity contribution >= 4 is 11.7 Å².